The molecule has 0 unspecified atom stereocenters. The number of terminal acetylenes is 1. The van der Waals surface area contributed by atoms with E-state index in [0.29, 0.717) is 5.69 Å². The minimum atomic E-state index is 0.689. The average molecular weight is 185 g/mol. The van der Waals surface area contributed by atoms with Crippen molar-refractivity contribution < 1.29 is 0 Å². The molecule has 0 amide bonds. The molecule has 0 radical (unpaired) electrons. The highest BCUT2D eigenvalue weighted by molar-refractivity contribution is 5.58. The molecule has 0 fully saturated rings. The Balaban J connectivity index is 2.82. The van der Waals surface area contributed by atoms with E-state index in [4.69, 9.17) is 6.42 Å². The van der Waals surface area contributed by atoms with Gasteiger partial charge in [-0.2, -0.15) is 0 Å². The van der Waals surface area contributed by atoms with Gasteiger partial charge in [-0.05, 0) is 18.9 Å². The predicted molar refractivity (Wildman–Crippen MR) is 56.8 cm³/mol. The lowest BCUT2D eigenvalue weighted by atomic mass is 10.3. The Morgan fingerprint density at radius 1 is 1.50 bits per heavy atom. The van der Waals surface area contributed by atoms with Crippen molar-refractivity contribution in [2.24, 2.45) is 7.05 Å². The molecule has 0 spiro atoms. The lowest BCUT2D eigenvalue weighted by molar-refractivity contribution is 0.936. The first kappa shape index (κ1) is 8.64. The number of aryl methyl sites for hydroxylation is 1. The quantitative estimate of drug-likeness (QED) is 0.620. The molecule has 2 aromatic heterocycles. The lowest BCUT2D eigenvalue weighted by Crippen LogP contribution is -1.86. The Kier molecular flexibility index (Phi) is 1.90. The van der Waals surface area contributed by atoms with Crippen molar-refractivity contribution in [2.75, 3.05) is 0 Å². The van der Waals surface area contributed by atoms with E-state index in [1.807, 2.05) is 47.5 Å². The summed E-state index contributed by atoms with van der Waals surface area (Å²) in [7, 11) is 1.95. The highest BCUT2D eigenvalue weighted by atomic mass is 15.2. The van der Waals surface area contributed by atoms with Gasteiger partial charge in [0.1, 0.15) is 5.69 Å². The lowest BCUT2D eigenvalue weighted by Gasteiger charge is -1.89. The van der Waals surface area contributed by atoms with E-state index < -0.39 is 0 Å². The topological polar surface area (TPSA) is 22.2 Å². The van der Waals surface area contributed by atoms with Crippen LogP contribution in [-0.4, -0.2) is 14.0 Å². The summed E-state index contributed by atoms with van der Waals surface area (Å²) in [6.07, 6.45) is 13.2. The fourth-order valence-electron chi connectivity index (χ4n) is 1.49. The maximum atomic E-state index is 5.39. The van der Waals surface area contributed by atoms with E-state index in [1.54, 1.807) is 0 Å². The number of rotatable bonds is 1. The predicted octanol–water partition coefficient (Wildman–Crippen LogP) is 1.69. The molecule has 2 rings (SSSR count). The molecule has 0 aliphatic carbocycles. The molecule has 70 valence electrons. The van der Waals surface area contributed by atoms with Crippen LogP contribution in [0.5, 0.6) is 0 Å². The zero-order valence-corrected chi connectivity index (χ0v) is 8.23. The van der Waals surface area contributed by atoms with Gasteiger partial charge in [-0.3, -0.25) is 4.40 Å². The van der Waals surface area contributed by atoms with Crippen molar-refractivity contribution in [3.63, 3.8) is 0 Å². The summed E-state index contributed by atoms with van der Waals surface area (Å²) < 4.78 is 3.92. The van der Waals surface area contributed by atoms with E-state index in [2.05, 4.69) is 10.9 Å². The average Bonchev–Trinajstić information content (AvgIpc) is 2.69. The first-order chi connectivity index (χ1) is 6.77. The van der Waals surface area contributed by atoms with E-state index in [1.165, 1.54) is 0 Å². The SMILES string of the molecule is C#Cc1nc2n(C)ccn2c1/C=C\C. The molecule has 0 bridgehead atoms. The third-order valence-electron chi connectivity index (χ3n) is 2.15. The Hall–Kier alpha value is -1.95. The molecule has 3 heteroatoms. The molecule has 0 saturated carbocycles. The monoisotopic (exact) mass is 185 g/mol. The van der Waals surface area contributed by atoms with Crippen LogP contribution in [0.2, 0.25) is 0 Å². The highest BCUT2D eigenvalue weighted by Gasteiger charge is 2.09. The molecular formula is C11H11N3. The number of fused-ring (bicyclic) bond motifs is 1. The van der Waals surface area contributed by atoms with E-state index >= 15 is 0 Å². The second-order valence-corrected chi connectivity index (χ2v) is 3.07. The van der Waals surface area contributed by atoms with Gasteiger partial charge in [0.05, 0.1) is 5.69 Å². The second kappa shape index (κ2) is 3.08. The number of allylic oxidation sites excluding steroid dienone is 1. The Morgan fingerprint density at radius 3 is 2.93 bits per heavy atom. The van der Waals surface area contributed by atoms with Gasteiger partial charge in [0.25, 0.3) is 0 Å². The standard InChI is InChI=1S/C11H11N3/c1-4-6-10-9(5-2)12-11-13(3)7-8-14(10)11/h2,4,6-8H,1,3H3/b6-4-. The summed E-state index contributed by atoms with van der Waals surface area (Å²) in [5, 5.41) is 0. The summed E-state index contributed by atoms with van der Waals surface area (Å²) in [4.78, 5) is 4.35. The summed E-state index contributed by atoms with van der Waals surface area (Å²) in [6, 6.07) is 0. The Bertz CT molecular complexity index is 535. The molecule has 0 aliphatic rings. The number of hydrogen-bond donors (Lipinski definition) is 0. The van der Waals surface area contributed by atoms with Crippen LogP contribution in [0.3, 0.4) is 0 Å². The first-order valence-corrected chi connectivity index (χ1v) is 4.40. The van der Waals surface area contributed by atoms with Crippen molar-refractivity contribution in [1.82, 2.24) is 14.0 Å². The van der Waals surface area contributed by atoms with Crippen LogP contribution in [0.15, 0.2) is 18.5 Å². The molecule has 0 aromatic carbocycles. The number of nitrogens with zero attached hydrogens (tertiary/aromatic N) is 3. The zero-order valence-electron chi connectivity index (χ0n) is 8.23. The van der Waals surface area contributed by atoms with Gasteiger partial charge >= 0.3 is 0 Å². The molecule has 0 atom stereocenters. The Morgan fingerprint density at radius 2 is 2.29 bits per heavy atom. The minimum Gasteiger partial charge on any atom is -0.320 e. The van der Waals surface area contributed by atoms with Gasteiger partial charge < -0.3 is 4.57 Å². The number of hydrogen-bond acceptors (Lipinski definition) is 1. The van der Waals surface area contributed by atoms with Crippen LogP contribution in [-0.2, 0) is 7.05 Å². The fraction of sp³-hybridized carbons (Fsp3) is 0.182. The normalized spacial score (nSPS) is 11.2. The van der Waals surface area contributed by atoms with Crippen LogP contribution in [0.4, 0.5) is 0 Å². The first-order valence-electron chi connectivity index (χ1n) is 4.40. The zero-order chi connectivity index (χ0) is 10.1. The van der Waals surface area contributed by atoms with Crippen LogP contribution >= 0.6 is 0 Å². The smallest absolute Gasteiger partial charge is 0.215 e. The molecule has 0 aliphatic heterocycles. The van der Waals surface area contributed by atoms with E-state index in [9.17, 15) is 0 Å². The largest absolute Gasteiger partial charge is 0.320 e. The van der Waals surface area contributed by atoms with Crippen LogP contribution in [0.1, 0.15) is 18.3 Å². The molecular weight excluding hydrogens is 174 g/mol. The van der Waals surface area contributed by atoms with Crippen molar-refractivity contribution >= 4 is 11.9 Å². The third kappa shape index (κ3) is 1.05. The van der Waals surface area contributed by atoms with Crippen molar-refractivity contribution in [1.29, 1.82) is 0 Å². The van der Waals surface area contributed by atoms with Gasteiger partial charge in [-0.25, -0.2) is 4.98 Å². The van der Waals surface area contributed by atoms with Gasteiger partial charge in [-0.15, -0.1) is 6.42 Å². The van der Waals surface area contributed by atoms with Crippen molar-refractivity contribution in [2.45, 2.75) is 6.92 Å². The molecule has 2 heterocycles. The fourth-order valence-corrected chi connectivity index (χ4v) is 1.49. The molecule has 0 saturated heterocycles. The van der Waals surface area contributed by atoms with Crippen molar-refractivity contribution in [3.8, 4) is 12.3 Å². The summed E-state index contributed by atoms with van der Waals surface area (Å²) in [5.74, 6) is 3.45. The summed E-state index contributed by atoms with van der Waals surface area (Å²) >= 11 is 0. The highest BCUT2D eigenvalue weighted by Crippen LogP contribution is 2.13. The van der Waals surface area contributed by atoms with Crippen LogP contribution in [0.25, 0.3) is 11.9 Å². The molecule has 3 nitrogen and oxygen atoms in total. The maximum Gasteiger partial charge on any atom is 0.215 e. The van der Waals surface area contributed by atoms with Crippen molar-refractivity contribution in [3.05, 3.63) is 29.9 Å². The second-order valence-electron chi connectivity index (χ2n) is 3.07. The maximum absolute atomic E-state index is 5.39. The third-order valence-corrected chi connectivity index (χ3v) is 2.15. The molecule has 0 N–H and O–H groups in total. The summed E-state index contributed by atoms with van der Waals surface area (Å²) in [6.45, 7) is 1.96. The van der Waals surface area contributed by atoms with Gasteiger partial charge in [0, 0.05) is 19.4 Å². The Labute approximate surface area is 82.7 Å². The van der Waals surface area contributed by atoms with Crippen LogP contribution < -0.4 is 0 Å². The molecule has 14 heavy (non-hydrogen) atoms. The van der Waals surface area contributed by atoms with Gasteiger partial charge in [0.2, 0.25) is 5.78 Å². The van der Waals surface area contributed by atoms with Crippen LogP contribution in [0, 0.1) is 12.3 Å². The van der Waals surface area contributed by atoms with E-state index in [0.717, 1.165) is 11.5 Å². The number of aromatic nitrogens is 3. The van der Waals surface area contributed by atoms with E-state index in [-0.39, 0.29) is 0 Å². The number of imidazole rings is 2. The minimum absolute atomic E-state index is 0.689. The molecule has 2 aromatic rings. The van der Waals surface area contributed by atoms with Gasteiger partial charge in [-0.1, -0.05) is 6.08 Å². The summed E-state index contributed by atoms with van der Waals surface area (Å²) in [5.41, 5.74) is 1.65. The van der Waals surface area contributed by atoms with Gasteiger partial charge in [0.15, 0.2) is 0 Å².